The van der Waals surface area contributed by atoms with E-state index in [0.29, 0.717) is 0 Å². The van der Waals surface area contributed by atoms with E-state index >= 15 is 0 Å². The fraction of sp³-hybridized carbons (Fsp3) is 1.00. The Kier molecular flexibility index (Phi) is 1.73. The van der Waals surface area contributed by atoms with Crippen LogP contribution < -0.4 is 0 Å². The van der Waals surface area contributed by atoms with Gasteiger partial charge in [-0.2, -0.15) is 4.31 Å². The van der Waals surface area contributed by atoms with Crippen molar-refractivity contribution in [2.45, 2.75) is 62.7 Å². The number of sulfonamides is 1. The van der Waals surface area contributed by atoms with Gasteiger partial charge in [0.1, 0.15) is 12.2 Å². The summed E-state index contributed by atoms with van der Waals surface area (Å²) in [7, 11) is -3.16. The summed E-state index contributed by atoms with van der Waals surface area (Å²) in [5.74, 6) is 0. The van der Waals surface area contributed by atoms with E-state index in [1.54, 1.807) is 25.1 Å². The zero-order valence-corrected chi connectivity index (χ0v) is 10.1. The minimum Gasteiger partial charge on any atom is -0.366 e. The van der Waals surface area contributed by atoms with Crippen LogP contribution in [0.25, 0.3) is 0 Å². The highest BCUT2D eigenvalue weighted by Crippen LogP contribution is 2.52. The first kappa shape index (κ1) is 10.1. The van der Waals surface area contributed by atoms with Crippen LogP contribution in [0.15, 0.2) is 0 Å². The van der Waals surface area contributed by atoms with Crippen LogP contribution in [0.1, 0.15) is 33.6 Å². The lowest BCUT2D eigenvalue weighted by Gasteiger charge is -2.31. The van der Waals surface area contributed by atoms with E-state index in [0.717, 1.165) is 12.8 Å². The lowest BCUT2D eigenvalue weighted by molar-refractivity contribution is 0.208. The normalized spacial score (nSPS) is 44.5. The summed E-state index contributed by atoms with van der Waals surface area (Å²) in [5, 5.41) is 0. The number of hydrogen-bond acceptors (Lipinski definition) is 3. The quantitative estimate of drug-likeness (QED) is 0.625. The lowest BCUT2D eigenvalue weighted by Crippen LogP contribution is -2.47. The first-order valence-corrected chi connectivity index (χ1v) is 6.96. The molecule has 4 atom stereocenters. The summed E-state index contributed by atoms with van der Waals surface area (Å²) in [5.41, 5.74) is 0. The fourth-order valence-corrected chi connectivity index (χ4v) is 4.68. The largest absolute Gasteiger partial charge is 0.366 e. The van der Waals surface area contributed by atoms with Gasteiger partial charge in [-0.15, -0.1) is 0 Å². The molecule has 5 heteroatoms. The Hall–Kier alpha value is -0.130. The molecule has 3 fully saturated rings. The average Bonchev–Trinajstić information content (AvgIpc) is 2.71. The zero-order valence-electron chi connectivity index (χ0n) is 9.30. The molecule has 3 aliphatic heterocycles. The maximum absolute atomic E-state index is 12.4. The second kappa shape index (κ2) is 2.57. The second-order valence-corrected chi connectivity index (χ2v) is 8.32. The van der Waals surface area contributed by atoms with Gasteiger partial charge < -0.3 is 4.74 Å². The number of rotatable bonds is 1. The van der Waals surface area contributed by atoms with E-state index in [2.05, 4.69) is 0 Å². The van der Waals surface area contributed by atoms with E-state index < -0.39 is 14.8 Å². The summed E-state index contributed by atoms with van der Waals surface area (Å²) in [6, 6.07) is 0.258. The van der Waals surface area contributed by atoms with Crippen molar-refractivity contribution < 1.29 is 13.2 Å². The van der Waals surface area contributed by atoms with Crippen LogP contribution >= 0.6 is 0 Å². The van der Waals surface area contributed by atoms with Gasteiger partial charge in [-0.1, -0.05) is 0 Å². The van der Waals surface area contributed by atoms with Gasteiger partial charge in [0.25, 0.3) is 0 Å². The Balaban J connectivity index is 1.97. The predicted molar refractivity (Wildman–Crippen MR) is 56.0 cm³/mol. The molecule has 0 aromatic heterocycles. The number of fused-ring (bicyclic) bond motifs is 5. The number of morpholine rings is 1. The topological polar surface area (TPSA) is 49.9 Å². The molecular weight excluding hydrogens is 214 g/mol. The highest BCUT2D eigenvalue weighted by molar-refractivity contribution is 7.90. The summed E-state index contributed by atoms with van der Waals surface area (Å²) >= 11 is 0. The smallest absolute Gasteiger partial charge is 0.219 e. The molecule has 0 unspecified atom stereocenters. The SMILES string of the molecule is CC(C)(C)S(=O)(=O)N1[C@@H]2CC[C@H]1[C@@H]1O[C@@H]12. The molecule has 3 saturated heterocycles. The predicted octanol–water partition coefficient (Wildman–Crippen LogP) is 0.729. The number of nitrogens with zero attached hydrogens (tertiary/aromatic N) is 1. The molecule has 0 aromatic carbocycles. The first-order chi connectivity index (χ1) is 6.84. The van der Waals surface area contributed by atoms with E-state index in [4.69, 9.17) is 4.74 Å². The summed E-state index contributed by atoms with van der Waals surface area (Å²) < 4.78 is 31.2. The number of epoxide rings is 1. The Morgan fingerprint density at radius 3 is 2.00 bits per heavy atom. The Morgan fingerprint density at radius 1 is 1.13 bits per heavy atom. The first-order valence-electron chi connectivity index (χ1n) is 5.52. The Labute approximate surface area is 90.6 Å². The molecule has 3 rings (SSSR count). The van der Waals surface area contributed by atoms with Crippen molar-refractivity contribution in [1.29, 1.82) is 0 Å². The minimum absolute atomic E-state index is 0.129. The molecule has 3 heterocycles. The van der Waals surface area contributed by atoms with Gasteiger partial charge in [-0.3, -0.25) is 0 Å². The molecule has 0 amide bonds. The summed E-state index contributed by atoms with van der Waals surface area (Å²) in [6.07, 6.45) is 2.36. The molecule has 3 aliphatic rings. The van der Waals surface area contributed by atoms with Crippen molar-refractivity contribution in [3.8, 4) is 0 Å². The fourth-order valence-electron chi connectivity index (χ4n) is 2.89. The van der Waals surface area contributed by atoms with Gasteiger partial charge in [0.05, 0.1) is 16.8 Å². The highest BCUT2D eigenvalue weighted by atomic mass is 32.2. The van der Waals surface area contributed by atoms with Crippen LogP contribution in [-0.2, 0) is 14.8 Å². The van der Waals surface area contributed by atoms with Crippen molar-refractivity contribution in [2.75, 3.05) is 0 Å². The van der Waals surface area contributed by atoms with Gasteiger partial charge in [0.15, 0.2) is 0 Å². The maximum Gasteiger partial charge on any atom is 0.219 e. The summed E-state index contributed by atoms with van der Waals surface area (Å²) in [6.45, 7) is 5.31. The molecule has 0 N–H and O–H groups in total. The third-order valence-electron chi connectivity index (χ3n) is 3.78. The molecule has 15 heavy (non-hydrogen) atoms. The summed E-state index contributed by atoms with van der Waals surface area (Å²) in [4.78, 5) is 0. The minimum atomic E-state index is -3.16. The van der Waals surface area contributed by atoms with Crippen molar-refractivity contribution in [2.24, 2.45) is 0 Å². The van der Waals surface area contributed by atoms with Gasteiger partial charge in [0.2, 0.25) is 10.0 Å². The molecule has 0 aliphatic carbocycles. The molecule has 4 nitrogen and oxygen atoms in total. The van der Waals surface area contributed by atoms with Gasteiger partial charge >= 0.3 is 0 Å². The maximum atomic E-state index is 12.4. The van der Waals surface area contributed by atoms with Crippen molar-refractivity contribution in [1.82, 2.24) is 4.31 Å². The number of hydrogen-bond donors (Lipinski definition) is 0. The average molecular weight is 231 g/mol. The van der Waals surface area contributed by atoms with Crippen molar-refractivity contribution >= 4 is 10.0 Å². The van der Waals surface area contributed by atoms with Crippen LogP contribution in [0, 0.1) is 0 Å². The van der Waals surface area contributed by atoms with Gasteiger partial charge in [0, 0.05) is 0 Å². The van der Waals surface area contributed by atoms with Crippen LogP contribution in [0.2, 0.25) is 0 Å². The monoisotopic (exact) mass is 231 g/mol. The van der Waals surface area contributed by atoms with Crippen molar-refractivity contribution in [3.63, 3.8) is 0 Å². The third-order valence-corrected chi connectivity index (χ3v) is 6.43. The molecule has 2 bridgehead atoms. The Morgan fingerprint density at radius 2 is 1.60 bits per heavy atom. The van der Waals surface area contributed by atoms with Crippen LogP contribution in [0.5, 0.6) is 0 Å². The molecule has 86 valence electrons. The van der Waals surface area contributed by atoms with E-state index in [-0.39, 0.29) is 24.3 Å². The highest BCUT2D eigenvalue weighted by Gasteiger charge is 2.68. The van der Waals surface area contributed by atoms with Gasteiger partial charge in [-0.05, 0) is 33.6 Å². The zero-order chi connectivity index (χ0) is 11.0. The molecule has 0 aromatic rings. The Bertz CT molecular complexity index is 381. The molecule has 0 saturated carbocycles. The second-order valence-electron chi connectivity index (χ2n) is 5.72. The number of ether oxygens (including phenoxy) is 1. The van der Waals surface area contributed by atoms with E-state index in [1.165, 1.54) is 0 Å². The van der Waals surface area contributed by atoms with Gasteiger partial charge in [-0.25, -0.2) is 8.42 Å². The van der Waals surface area contributed by atoms with Crippen LogP contribution in [-0.4, -0.2) is 41.8 Å². The van der Waals surface area contributed by atoms with Crippen LogP contribution in [0.4, 0.5) is 0 Å². The van der Waals surface area contributed by atoms with Crippen LogP contribution in [0.3, 0.4) is 0 Å². The molecular formula is C10H17NO3S. The lowest BCUT2D eigenvalue weighted by atomic mass is 10.0. The molecule has 0 radical (unpaired) electrons. The third kappa shape index (κ3) is 1.11. The van der Waals surface area contributed by atoms with Crippen molar-refractivity contribution in [3.05, 3.63) is 0 Å². The molecule has 0 spiro atoms. The van der Waals surface area contributed by atoms with E-state index in [9.17, 15) is 8.42 Å². The standard InChI is InChI=1S/C10H17NO3S/c1-10(2,3)15(12,13)11-6-4-5-7(11)9-8(6)14-9/h6-9H,4-5H2,1-3H3/t6-,7+,8-,9+. The van der Waals surface area contributed by atoms with E-state index in [1.807, 2.05) is 0 Å².